The molecule has 0 saturated heterocycles. The monoisotopic (exact) mass is 238 g/mol. The fourth-order valence-corrected chi connectivity index (χ4v) is 1.41. The number of hydrogen-bond donors (Lipinski definition) is 0. The van der Waals surface area contributed by atoms with Crippen LogP contribution in [0, 0.1) is 0 Å². The summed E-state index contributed by atoms with van der Waals surface area (Å²) in [5.41, 5.74) is 1.25. The molecule has 0 heterocycles. The van der Waals surface area contributed by atoms with E-state index in [4.69, 9.17) is 0 Å². The molecule has 0 bridgehead atoms. The average Bonchev–Trinajstić information content (AvgIpc) is 2.36. The van der Waals surface area contributed by atoms with Gasteiger partial charge in [-0.2, -0.15) is 0 Å². The Morgan fingerprint density at radius 2 is 1.88 bits per heavy atom. The van der Waals surface area contributed by atoms with Crippen LogP contribution in [0.2, 0.25) is 0 Å². The van der Waals surface area contributed by atoms with Gasteiger partial charge in [-0.1, -0.05) is 24.3 Å². The van der Waals surface area contributed by atoms with Crippen LogP contribution in [0.3, 0.4) is 0 Å². The third-order valence-electron chi connectivity index (χ3n) is 2.28. The molecule has 1 aromatic rings. The maximum atomic E-state index is 12.0. The van der Waals surface area contributed by atoms with Crippen molar-refractivity contribution in [3.05, 3.63) is 35.4 Å². The Kier molecular flexibility index (Phi) is 5.33. The van der Waals surface area contributed by atoms with Gasteiger partial charge in [-0.15, -0.1) is 0 Å². The molecule has 1 rings (SSSR count). The summed E-state index contributed by atoms with van der Waals surface area (Å²) in [6.07, 6.45) is 1.09. The van der Waals surface area contributed by atoms with Gasteiger partial charge in [0, 0.05) is 5.56 Å². The third-order valence-corrected chi connectivity index (χ3v) is 2.28. The topological polar surface area (TPSA) is 43.4 Å². The van der Waals surface area contributed by atoms with Crippen molar-refractivity contribution >= 4 is 11.8 Å². The number of alkyl halides is 1. The molecule has 0 atom stereocenters. The molecule has 0 N–H and O–H groups in total. The predicted octanol–water partition coefficient (Wildman–Crippen LogP) is 2.33. The summed E-state index contributed by atoms with van der Waals surface area (Å²) in [5, 5.41) is 0. The summed E-state index contributed by atoms with van der Waals surface area (Å²) < 4.78 is 16.6. The van der Waals surface area contributed by atoms with Gasteiger partial charge in [0.15, 0.2) is 0 Å². The van der Waals surface area contributed by atoms with Crippen molar-refractivity contribution < 1.29 is 18.7 Å². The Labute approximate surface area is 99.6 Å². The number of halogens is 1. The second kappa shape index (κ2) is 6.78. The van der Waals surface area contributed by atoms with Crippen molar-refractivity contribution in [1.29, 1.82) is 0 Å². The molecule has 0 saturated carbocycles. The number of carbonyl (C=O) groups is 2. The van der Waals surface area contributed by atoms with Crippen LogP contribution in [-0.2, 0) is 16.0 Å². The normalized spacial score (nSPS) is 10.0. The van der Waals surface area contributed by atoms with E-state index in [9.17, 15) is 14.0 Å². The maximum Gasteiger partial charge on any atom is 0.379 e. The van der Waals surface area contributed by atoms with Gasteiger partial charge in [0.2, 0.25) is 0 Å². The van der Waals surface area contributed by atoms with Gasteiger partial charge in [-0.25, -0.2) is 4.79 Å². The Morgan fingerprint density at radius 3 is 2.41 bits per heavy atom. The highest BCUT2D eigenvalue weighted by Crippen LogP contribution is 2.08. The number of Topliss-reactive ketones (excluding diaryl/α,β-unsaturated/α-hetero) is 1. The first kappa shape index (κ1) is 13.4. The highest BCUT2D eigenvalue weighted by atomic mass is 19.1. The van der Waals surface area contributed by atoms with Gasteiger partial charge < -0.3 is 4.74 Å². The van der Waals surface area contributed by atoms with E-state index in [0.29, 0.717) is 18.4 Å². The molecule has 0 unspecified atom stereocenters. The van der Waals surface area contributed by atoms with E-state index in [2.05, 4.69) is 4.74 Å². The molecule has 0 amide bonds. The van der Waals surface area contributed by atoms with Crippen molar-refractivity contribution in [2.45, 2.75) is 19.8 Å². The lowest BCUT2D eigenvalue weighted by atomic mass is 10.1. The van der Waals surface area contributed by atoms with Crippen LogP contribution in [-0.4, -0.2) is 25.0 Å². The molecule has 0 radical (unpaired) electrons. The fourth-order valence-electron chi connectivity index (χ4n) is 1.41. The van der Waals surface area contributed by atoms with Crippen molar-refractivity contribution in [2.75, 3.05) is 13.3 Å². The third kappa shape index (κ3) is 3.98. The van der Waals surface area contributed by atoms with Crippen molar-refractivity contribution in [3.8, 4) is 0 Å². The zero-order chi connectivity index (χ0) is 12.7. The van der Waals surface area contributed by atoms with Gasteiger partial charge >= 0.3 is 5.97 Å². The summed E-state index contributed by atoms with van der Waals surface area (Å²) in [6, 6.07) is 6.57. The zero-order valence-electron chi connectivity index (χ0n) is 9.74. The van der Waals surface area contributed by atoms with E-state index < -0.39 is 11.8 Å². The number of aryl methyl sites for hydroxylation is 1. The molecule has 0 spiro atoms. The molecular weight excluding hydrogens is 223 g/mol. The lowest BCUT2D eigenvalue weighted by molar-refractivity contribution is -0.137. The van der Waals surface area contributed by atoms with Crippen LogP contribution in [0.5, 0.6) is 0 Å². The Morgan fingerprint density at radius 1 is 1.24 bits per heavy atom. The highest BCUT2D eigenvalue weighted by Gasteiger charge is 2.16. The minimum atomic E-state index is -0.844. The smallest absolute Gasteiger partial charge is 0.379 e. The number of carbonyl (C=O) groups excluding carboxylic acids is 2. The molecule has 0 aliphatic rings. The number of ketones is 1. The minimum Gasteiger partial charge on any atom is -0.460 e. The van der Waals surface area contributed by atoms with Crippen LogP contribution < -0.4 is 0 Å². The van der Waals surface area contributed by atoms with Crippen molar-refractivity contribution in [1.82, 2.24) is 0 Å². The number of hydrogen-bond acceptors (Lipinski definition) is 3. The lowest BCUT2D eigenvalue weighted by Crippen LogP contribution is -2.17. The first-order valence-electron chi connectivity index (χ1n) is 5.55. The number of benzene rings is 1. The maximum absolute atomic E-state index is 12.0. The molecule has 0 aliphatic carbocycles. The van der Waals surface area contributed by atoms with Gasteiger partial charge in [-0.05, 0) is 25.3 Å². The SMILES string of the molecule is CCOC(=O)C(=O)c1ccc(CCCF)cc1. The predicted molar refractivity (Wildman–Crippen MR) is 61.7 cm³/mol. The zero-order valence-corrected chi connectivity index (χ0v) is 9.74. The van der Waals surface area contributed by atoms with Gasteiger partial charge in [0.25, 0.3) is 5.78 Å². The number of esters is 1. The largest absolute Gasteiger partial charge is 0.460 e. The van der Waals surface area contributed by atoms with Crippen LogP contribution in [0.4, 0.5) is 4.39 Å². The van der Waals surface area contributed by atoms with E-state index in [1.165, 1.54) is 0 Å². The Hall–Kier alpha value is -1.71. The standard InChI is InChI=1S/C13H15FO3/c1-2-17-13(16)12(15)11-7-5-10(6-8-11)4-3-9-14/h5-8H,2-4,9H2,1H3. The second-order valence-corrected chi connectivity index (χ2v) is 3.54. The molecular formula is C13H15FO3. The minimum absolute atomic E-state index is 0.180. The first-order valence-corrected chi connectivity index (χ1v) is 5.55. The number of ether oxygens (including phenoxy) is 1. The summed E-state index contributed by atoms with van der Waals surface area (Å²) >= 11 is 0. The highest BCUT2D eigenvalue weighted by molar-refractivity contribution is 6.40. The van der Waals surface area contributed by atoms with Gasteiger partial charge in [-0.3, -0.25) is 9.18 Å². The van der Waals surface area contributed by atoms with Crippen LogP contribution in [0.1, 0.15) is 29.3 Å². The first-order chi connectivity index (χ1) is 8.19. The van der Waals surface area contributed by atoms with E-state index in [-0.39, 0.29) is 13.3 Å². The summed E-state index contributed by atoms with van der Waals surface area (Å²) in [7, 11) is 0. The second-order valence-electron chi connectivity index (χ2n) is 3.54. The molecule has 0 aliphatic heterocycles. The van der Waals surface area contributed by atoms with Crippen LogP contribution in [0.15, 0.2) is 24.3 Å². The fraction of sp³-hybridized carbons (Fsp3) is 0.385. The average molecular weight is 238 g/mol. The van der Waals surface area contributed by atoms with Crippen molar-refractivity contribution in [3.63, 3.8) is 0 Å². The molecule has 92 valence electrons. The van der Waals surface area contributed by atoms with E-state index in [1.807, 2.05) is 0 Å². The summed E-state index contributed by atoms with van der Waals surface area (Å²) in [5.74, 6) is -1.49. The quantitative estimate of drug-likeness (QED) is 0.434. The van der Waals surface area contributed by atoms with Gasteiger partial charge in [0.1, 0.15) is 0 Å². The molecule has 3 nitrogen and oxygen atoms in total. The van der Waals surface area contributed by atoms with Gasteiger partial charge in [0.05, 0.1) is 13.3 Å². The van der Waals surface area contributed by atoms with E-state index in [1.54, 1.807) is 31.2 Å². The van der Waals surface area contributed by atoms with Crippen LogP contribution >= 0.6 is 0 Å². The molecule has 1 aromatic carbocycles. The van der Waals surface area contributed by atoms with Crippen molar-refractivity contribution in [2.24, 2.45) is 0 Å². The molecule has 0 fully saturated rings. The lowest BCUT2D eigenvalue weighted by Gasteiger charge is -2.02. The summed E-state index contributed by atoms with van der Waals surface area (Å²) in [4.78, 5) is 22.7. The van der Waals surface area contributed by atoms with E-state index in [0.717, 1.165) is 5.56 Å². The molecule has 4 heteroatoms. The molecule has 17 heavy (non-hydrogen) atoms. The Balaban J connectivity index is 2.67. The van der Waals surface area contributed by atoms with E-state index >= 15 is 0 Å². The Bertz CT molecular complexity index is 384. The summed E-state index contributed by atoms with van der Waals surface area (Å²) in [6.45, 7) is 1.47. The molecule has 0 aromatic heterocycles. The van der Waals surface area contributed by atoms with Crippen LogP contribution in [0.25, 0.3) is 0 Å². The number of rotatable bonds is 6.